The van der Waals surface area contributed by atoms with Gasteiger partial charge in [0.05, 0.1) is 0 Å². The van der Waals surface area contributed by atoms with Crippen molar-refractivity contribution in [1.82, 2.24) is 10.2 Å². The topological polar surface area (TPSA) is 58.6 Å². The van der Waals surface area contributed by atoms with Crippen molar-refractivity contribution in [3.8, 4) is 5.75 Å². The first-order valence-electron chi connectivity index (χ1n) is 11.6. The van der Waals surface area contributed by atoms with Gasteiger partial charge in [-0.25, -0.2) is 0 Å². The molecule has 0 saturated heterocycles. The normalized spacial score (nSPS) is 13.2. The van der Waals surface area contributed by atoms with E-state index in [-0.39, 0.29) is 36.4 Å². The highest BCUT2D eigenvalue weighted by Crippen LogP contribution is 2.25. The van der Waals surface area contributed by atoms with Gasteiger partial charge in [-0.15, -0.1) is 0 Å². The van der Waals surface area contributed by atoms with Crippen LogP contribution in [0.4, 0.5) is 0 Å². The quantitative estimate of drug-likeness (QED) is 0.479. The van der Waals surface area contributed by atoms with Crippen molar-refractivity contribution < 1.29 is 14.3 Å². The zero-order valence-corrected chi connectivity index (χ0v) is 21.4. The number of halogens is 1. The number of benzene rings is 2. The maximum atomic E-state index is 13.3. The number of nitrogens with one attached hydrogen (secondary N) is 1. The summed E-state index contributed by atoms with van der Waals surface area (Å²) in [6.45, 7) is 12.4. The van der Waals surface area contributed by atoms with Gasteiger partial charge in [-0.3, -0.25) is 9.59 Å². The fourth-order valence-electron chi connectivity index (χ4n) is 3.45. The number of rotatable bonds is 10. The summed E-state index contributed by atoms with van der Waals surface area (Å²) in [5.41, 5.74) is 2.02. The van der Waals surface area contributed by atoms with Gasteiger partial charge < -0.3 is 15.0 Å². The highest BCUT2D eigenvalue weighted by molar-refractivity contribution is 6.31. The van der Waals surface area contributed by atoms with E-state index in [0.29, 0.717) is 17.2 Å². The highest BCUT2D eigenvalue weighted by atomic mass is 35.5. The molecule has 2 aromatic rings. The Morgan fingerprint density at radius 2 is 1.67 bits per heavy atom. The monoisotopic (exact) mass is 472 g/mol. The minimum Gasteiger partial charge on any atom is -0.484 e. The van der Waals surface area contributed by atoms with Crippen molar-refractivity contribution in [3.05, 3.63) is 64.7 Å². The average Bonchev–Trinajstić information content (AvgIpc) is 2.78. The lowest BCUT2D eigenvalue weighted by Gasteiger charge is -2.31. The van der Waals surface area contributed by atoms with E-state index in [9.17, 15) is 9.59 Å². The number of carbonyl (C=O) groups is 2. The summed E-state index contributed by atoms with van der Waals surface area (Å²) in [5, 5.41) is 3.57. The van der Waals surface area contributed by atoms with Crippen LogP contribution in [0.15, 0.2) is 48.5 Å². The highest BCUT2D eigenvalue weighted by Gasteiger charge is 2.30. The zero-order valence-electron chi connectivity index (χ0n) is 20.7. The molecule has 0 fully saturated rings. The number of ether oxygens (including phenoxy) is 1. The van der Waals surface area contributed by atoms with Crippen LogP contribution in [-0.4, -0.2) is 35.4 Å². The minimum atomic E-state index is -0.616. The fraction of sp³-hybridized carbons (Fsp3) is 0.481. The van der Waals surface area contributed by atoms with Crippen LogP contribution in [0.25, 0.3) is 0 Å². The Hall–Kier alpha value is -2.53. The predicted octanol–water partition coefficient (Wildman–Crippen LogP) is 5.74. The molecule has 0 saturated carbocycles. The van der Waals surface area contributed by atoms with Crippen LogP contribution in [0.3, 0.4) is 0 Å². The first kappa shape index (κ1) is 26.7. The molecule has 0 aliphatic rings. The Labute approximate surface area is 203 Å². The molecule has 1 N–H and O–H groups in total. The molecule has 2 aromatic carbocycles. The summed E-state index contributed by atoms with van der Waals surface area (Å²) in [6, 6.07) is 14.5. The van der Waals surface area contributed by atoms with E-state index in [1.807, 2.05) is 63.2 Å². The van der Waals surface area contributed by atoms with Crippen LogP contribution < -0.4 is 10.1 Å². The second-order valence-corrected chi connectivity index (χ2v) is 9.83. The number of hydrogen-bond acceptors (Lipinski definition) is 3. The molecule has 0 aromatic heterocycles. The Morgan fingerprint density at radius 3 is 2.21 bits per heavy atom. The van der Waals surface area contributed by atoms with Crippen LogP contribution in [0, 0.1) is 0 Å². The van der Waals surface area contributed by atoms with E-state index in [1.54, 1.807) is 11.0 Å². The molecule has 2 rings (SSSR count). The van der Waals surface area contributed by atoms with Gasteiger partial charge in [-0.05, 0) is 54.5 Å². The van der Waals surface area contributed by atoms with Crippen molar-refractivity contribution in [1.29, 1.82) is 0 Å². The maximum absolute atomic E-state index is 13.3. The van der Waals surface area contributed by atoms with E-state index >= 15 is 0 Å². The summed E-state index contributed by atoms with van der Waals surface area (Å²) >= 11 is 6.36. The molecule has 0 aliphatic carbocycles. The Morgan fingerprint density at radius 1 is 1.03 bits per heavy atom. The lowest BCUT2D eigenvalue weighted by Crippen LogP contribution is -2.51. The van der Waals surface area contributed by atoms with Crippen molar-refractivity contribution in [2.75, 3.05) is 6.61 Å². The van der Waals surface area contributed by atoms with Crippen molar-refractivity contribution in [2.45, 2.75) is 78.4 Å². The second-order valence-electron chi connectivity index (χ2n) is 9.42. The SMILES string of the molecule is CC[C@@H](C)NC(=O)[C@@H](CC)N(Cc1ccccc1Cl)C(=O)COc1ccc(C(C)(C)C)cc1. The molecule has 2 amide bonds. The molecule has 5 nitrogen and oxygen atoms in total. The van der Waals surface area contributed by atoms with E-state index in [2.05, 4.69) is 26.1 Å². The van der Waals surface area contributed by atoms with Gasteiger partial charge in [0.25, 0.3) is 5.91 Å². The maximum Gasteiger partial charge on any atom is 0.261 e. The van der Waals surface area contributed by atoms with Gasteiger partial charge in [0.1, 0.15) is 11.8 Å². The summed E-state index contributed by atoms with van der Waals surface area (Å²) in [4.78, 5) is 27.9. The summed E-state index contributed by atoms with van der Waals surface area (Å²) in [6.07, 6.45) is 1.30. The number of amides is 2. The van der Waals surface area contributed by atoms with Gasteiger partial charge in [-0.2, -0.15) is 0 Å². The molecular weight excluding hydrogens is 436 g/mol. The van der Waals surface area contributed by atoms with Crippen molar-refractivity contribution in [3.63, 3.8) is 0 Å². The third-order valence-electron chi connectivity index (χ3n) is 5.77. The lowest BCUT2D eigenvalue weighted by molar-refractivity contribution is -0.143. The van der Waals surface area contributed by atoms with Crippen LogP contribution in [0.2, 0.25) is 5.02 Å². The first-order chi connectivity index (χ1) is 15.6. The average molecular weight is 473 g/mol. The molecule has 33 heavy (non-hydrogen) atoms. The Balaban J connectivity index is 2.21. The standard InChI is InChI=1S/C27H37ClN2O3/c1-7-19(3)29-26(32)24(8-2)30(17-20-11-9-10-12-23(20)28)25(31)18-33-22-15-13-21(14-16-22)27(4,5)6/h9-16,19,24H,7-8,17-18H2,1-6H3,(H,29,32)/t19-,24-/m1/s1. The van der Waals surface area contributed by atoms with Gasteiger partial charge in [0.15, 0.2) is 6.61 Å². The molecule has 2 atom stereocenters. The second kappa shape index (κ2) is 12.1. The van der Waals surface area contributed by atoms with Crippen LogP contribution in [0.1, 0.15) is 65.5 Å². The number of nitrogens with zero attached hydrogens (tertiary/aromatic N) is 1. The summed E-state index contributed by atoms with van der Waals surface area (Å²) in [5.74, 6) is 0.189. The molecule has 6 heteroatoms. The molecule has 0 bridgehead atoms. The van der Waals surface area contributed by atoms with Gasteiger partial charge in [-0.1, -0.05) is 76.6 Å². The zero-order chi connectivity index (χ0) is 24.6. The number of carbonyl (C=O) groups excluding carboxylic acids is 2. The van der Waals surface area contributed by atoms with E-state index in [4.69, 9.17) is 16.3 Å². The molecule has 0 radical (unpaired) electrons. The fourth-order valence-corrected chi connectivity index (χ4v) is 3.65. The predicted molar refractivity (Wildman–Crippen MR) is 135 cm³/mol. The molecule has 0 heterocycles. The minimum absolute atomic E-state index is 0.0291. The molecule has 0 spiro atoms. The van der Waals surface area contributed by atoms with Crippen molar-refractivity contribution >= 4 is 23.4 Å². The molecular formula is C27H37ClN2O3. The van der Waals surface area contributed by atoms with Gasteiger partial charge >= 0.3 is 0 Å². The first-order valence-corrected chi connectivity index (χ1v) is 12.0. The van der Waals surface area contributed by atoms with Gasteiger partial charge in [0, 0.05) is 17.6 Å². The number of hydrogen-bond donors (Lipinski definition) is 1. The van der Waals surface area contributed by atoms with Gasteiger partial charge in [0.2, 0.25) is 5.91 Å². The van der Waals surface area contributed by atoms with Crippen molar-refractivity contribution in [2.24, 2.45) is 0 Å². The molecule has 0 unspecified atom stereocenters. The van der Waals surface area contributed by atoms with Crippen LogP contribution >= 0.6 is 11.6 Å². The third kappa shape index (κ3) is 7.78. The lowest BCUT2D eigenvalue weighted by atomic mass is 9.87. The van der Waals surface area contributed by atoms with Crippen LogP contribution in [-0.2, 0) is 21.5 Å². The molecule has 180 valence electrons. The van der Waals surface area contributed by atoms with E-state index < -0.39 is 6.04 Å². The Kier molecular flexibility index (Phi) is 9.78. The third-order valence-corrected chi connectivity index (χ3v) is 6.14. The Bertz CT molecular complexity index is 922. The summed E-state index contributed by atoms with van der Waals surface area (Å²) in [7, 11) is 0. The molecule has 0 aliphatic heterocycles. The van der Waals surface area contributed by atoms with Crippen LogP contribution in [0.5, 0.6) is 5.75 Å². The smallest absolute Gasteiger partial charge is 0.261 e. The van der Waals surface area contributed by atoms with E-state index in [0.717, 1.165) is 12.0 Å². The van der Waals surface area contributed by atoms with E-state index in [1.165, 1.54) is 5.56 Å². The summed E-state index contributed by atoms with van der Waals surface area (Å²) < 4.78 is 5.81. The largest absolute Gasteiger partial charge is 0.484 e.